The molecule has 1 aliphatic carbocycles. The minimum Gasteiger partial charge on any atom is -0.377 e. The molecule has 72 valence electrons. The van der Waals surface area contributed by atoms with Crippen LogP contribution in [-0.4, -0.2) is 19.3 Å². The summed E-state index contributed by atoms with van der Waals surface area (Å²) in [5, 5.41) is 3.55. The Hall–Kier alpha value is -0.730. The lowest BCUT2D eigenvalue weighted by Crippen LogP contribution is -2.10. The van der Waals surface area contributed by atoms with Gasteiger partial charge in [0.1, 0.15) is 0 Å². The van der Waals surface area contributed by atoms with E-state index in [-0.39, 0.29) is 6.10 Å². The normalized spacial score (nSPS) is 40.3. The number of hydrogen-bond acceptors (Lipinski definition) is 2. The molecule has 2 rings (SSSR count). The van der Waals surface area contributed by atoms with Crippen LogP contribution in [-0.2, 0) is 4.74 Å². The standard InChI is InChI=1S/C9H15N3O/c1-8(2)5-9(8)3-7(13-6-9)4-11-12-10/h7H,3-6H2,1-2H3/t7-,9-/m1/s1. The highest BCUT2D eigenvalue weighted by Gasteiger charge is 2.64. The van der Waals surface area contributed by atoms with E-state index >= 15 is 0 Å². The fourth-order valence-electron chi connectivity index (χ4n) is 2.47. The first kappa shape index (κ1) is 8.85. The van der Waals surface area contributed by atoms with E-state index in [1.807, 2.05) is 0 Å². The zero-order valence-electron chi connectivity index (χ0n) is 8.16. The monoisotopic (exact) mass is 181 g/mol. The van der Waals surface area contributed by atoms with E-state index in [0.29, 0.717) is 17.4 Å². The van der Waals surface area contributed by atoms with Gasteiger partial charge in [-0.3, -0.25) is 0 Å². The van der Waals surface area contributed by atoms with E-state index in [9.17, 15) is 0 Å². The molecule has 0 aromatic carbocycles. The maximum atomic E-state index is 8.18. The van der Waals surface area contributed by atoms with Crippen LogP contribution in [0.25, 0.3) is 10.4 Å². The Morgan fingerprint density at radius 3 is 2.77 bits per heavy atom. The molecular formula is C9H15N3O. The third-order valence-corrected chi connectivity index (χ3v) is 3.65. The van der Waals surface area contributed by atoms with Crippen molar-refractivity contribution in [2.45, 2.75) is 32.8 Å². The molecule has 1 saturated carbocycles. The van der Waals surface area contributed by atoms with Crippen molar-refractivity contribution in [1.29, 1.82) is 0 Å². The van der Waals surface area contributed by atoms with Crippen molar-refractivity contribution in [3.63, 3.8) is 0 Å². The fraction of sp³-hybridized carbons (Fsp3) is 1.00. The van der Waals surface area contributed by atoms with Gasteiger partial charge in [-0.2, -0.15) is 0 Å². The van der Waals surface area contributed by atoms with Gasteiger partial charge in [-0.25, -0.2) is 0 Å². The van der Waals surface area contributed by atoms with Gasteiger partial charge < -0.3 is 4.74 Å². The molecule has 1 heterocycles. The molecule has 4 nitrogen and oxygen atoms in total. The lowest BCUT2D eigenvalue weighted by Gasteiger charge is -2.09. The third kappa shape index (κ3) is 1.30. The second-order valence-corrected chi connectivity index (χ2v) is 4.89. The molecule has 0 amide bonds. The molecule has 0 aromatic rings. The summed E-state index contributed by atoms with van der Waals surface area (Å²) in [5.41, 5.74) is 9.03. The number of ether oxygens (including phenoxy) is 1. The predicted molar refractivity (Wildman–Crippen MR) is 49.2 cm³/mol. The van der Waals surface area contributed by atoms with Crippen molar-refractivity contribution in [3.8, 4) is 0 Å². The first-order valence-electron chi connectivity index (χ1n) is 4.72. The SMILES string of the molecule is CC1(C)C[C@]12CO[C@@H](CN=[N+]=[N-])C2. The maximum absolute atomic E-state index is 8.18. The molecule has 0 radical (unpaired) electrons. The Bertz CT molecular complexity index is 270. The number of azide groups is 1. The Labute approximate surface area is 77.9 Å². The van der Waals surface area contributed by atoms with Crippen molar-refractivity contribution in [2.24, 2.45) is 15.9 Å². The van der Waals surface area contributed by atoms with Crippen LogP contribution in [0.1, 0.15) is 26.7 Å². The Morgan fingerprint density at radius 1 is 1.62 bits per heavy atom. The van der Waals surface area contributed by atoms with Crippen LogP contribution >= 0.6 is 0 Å². The molecule has 1 aliphatic heterocycles. The number of nitrogens with zero attached hydrogens (tertiary/aromatic N) is 3. The van der Waals surface area contributed by atoms with Gasteiger partial charge in [0.25, 0.3) is 0 Å². The minimum atomic E-state index is 0.165. The summed E-state index contributed by atoms with van der Waals surface area (Å²) in [5.74, 6) is 0. The maximum Gasteiger partial charge on any atom is 0.0638 e. The van der Waals surface area contributed by atoms with Gasteiger partial charge in [0.2, 0.25) is 0 Å². The summed E-state index contributed by atoms with van der Waals surface area (Å²) in [4.78, 5) is 2.75. The van der Waals surface area contributed by atoms with Gasteiger partial charge in [-0.15, -0.1) is 0 Å². The third-order valence-electron chi connectivity index (χ3n) is 3.65. The molecule has 1 spiro atoms. The molecular weight excluding hydrogens is 166 g/mol. The van der Waals surface area contributed by atoms with Gasteiger partial charge in [0, 0.05) is 10.3 Å². The summed E-state index contributed by atoms with van der Waals surface area (Å²) in [6.07, 6.45) is 2.49. The summed E-state index contributed by atoms with van der Waals surface area (Å²) in [6.45, 7) is 5.92. The van der Waals surface area contributed by atoms with Gasteiger partial charge in [-0.1, -0.05) is 19.0 Å². The highest BCUT2D eigenvalue weighted by molar-refractivity contribution is 5.12. The van der Waals surface area contributed by atoms with Crippen LogP contribution < -0.4 is 0 Å². The summed E-state index contributed by atoms with van der Waals surface area (Å²) in [6, 6.07) is 0. The van der Waals surface area contributed by atoms with E-state index < -0.39 is 0 Å². The largest absolute Gasteiger partial charge is 0.377 e. The van der Waals surface area contributed by atoms with E-state index in [1.54, 1.807) is 0 Å². The van der Waals surface area contributed by atoms with Crippen molar-refractivity contribution in [2.75, 3.05) is 13.2 Å². The van der Waals surface area contributed by atoms with E-state index in [4.69, 9.17) is 10.3 Å². The Balaban J connectivity index is 1.92. The molecule has 0 unspecified atom stereocenters. The van der Waals surface area contributed by atoms with E-state index in [2.05, 4.69) is 23.9 Å². The zero-order valence-corrected chi connectivity index (χ0v) is 8.16. The van der Waals surface area contributed by atoms with Crippen LogP contribution in [0.5, 0.6) is 0 Å². The van der Waals surface area contributed by atoms with Crippen LogP contribution in [0.4, 0.5) is 0 Å². The smallest absolute Gasteiger partial charge is 0.0638 e. The van der Waals surface area contributed by atoms with Crippen LogP contribution in [0.2, 0.25) is 0 Å². The van der Waals surface area contributed by atoms with E-state index in [0.717, 1.165) is 13.0 Å². The second-order valence-electron chi connectivity index (χ2n) is 4.89. The van der Waals surface area contributed by atoms with Crippen LogP contribution in [0.15, 0.2) is 5.11 Å². The first-order valence-corrected chi connectivity index (χ1v) is 4.72. The molecule has 0 aromatic heterocycles. The molecule has 4 heteroatoms. The van der Waals surface area contributed by atoms with Gasteiger partial charge >= 0.3 is 0 Å². The molecule has 2 aliphatic rings. The molecule has 0 N–H and O–H groups in total. The van der Waals surface area contributed by atoms with Crippen molar-refractivity contribution >= 4 is 0 Å². The molecule has 2 atom stereocenters. The van der Waals surface area contributed by atoms with E-state index in [1.165, 1.54) is 6.42 Å². The number of hydrogen-bond donors (Lipinski definition) is 0. The second kappa shape index (κ2) is 2.63. The lowest BCUT2D eigenvalue weighted by molar-refractivity contribution is 0.108. The lowest BCUT2D eigenvalue weighted by atomic mass is 9.93. The van der Waals surface area contributed by atoms with Crippen molar-refractivity contribution in [1.82, 2.24) is 0 Å². The average Bonchev–Trinajstić information content (AvgIpc) is 2.46. The summed E-state index contributed by atoms with van der Waals surface area (Å²) in [7, 11) is 0. The minimum absolute atomic E-state index is 0.165. The summed E-state index contributed by atoms with van der Waals surface area (Å²) < 4.78 is 5.60. The Morgan fingerprint density at radius 2 is 2.31 bits per heavy atom. The Kier molecular flexibility index (Phi) is 1.79. The average molecular weight is 181 g/mol. The molecule has 13 heavy (non-hydrogen) atoms. The zero-order chi connectivity index (χ0) is 9.53. The van der Waals surface area contributed by atoms with Gasteiger partial charge in [-0.05, 0) is 23.8 Å². The fourth-order valence-corrected chi connectivity index (χ4v) is 2.47. The topological polar surface area (TPSA) is 58.0 Å². The predicted octanol–water partition coefficient (Wildman–Crippen LogP) is 2.50. The van der Waals surface area contributed by atoms with Gasteiger partial charge in [0.05, 0.1) is 19.3 Å². The van der Waals surface area contributed by atoms with Crippen LogP contribution in [0.3, 0.4) is 0 Å². The molecule has 2 fully saturated rings. The highest BCUT2D eigenvalue weighted by atomic mass is 16.5. The quantitative estimate of drug-likeness (QED) is 0.367. The van der Waals surface area contributed by atoms with Crippen molar-refractivity contribution in [3.05, 3.63) is 10.4 Å². The highest BCUT2D eigenvalue weighted by Crippen LogP contribution is 2.68. The number of rotatable bonds is 2. The van der Waals surface area contributed by atoms with Gasteiger partial charge in [0.15, 0.2) is 0 Å². The van der Waals surface area contributed by atoms with Crippen LogP contribution in [0, 0.1) is 10.8 Å². The molecule has 0 bridgehead atoms. The molecule has 1 saturated heterocycles. The summed E-state index contributed by atoms with van der Waals surface area (Å²) >= 11 is 0. The van der Waals surface area contributed by atoms with Crippen molar-refractivity contribution < 1.29 is 4.74 Å². The first-order chi connectivity index (χ1) is 6.10.